The Morgan fingerprint density at radius 3 is 2.87 bits per heavy atom. The fourth-order valence-corrected chi connectivity index (χ4v) is 2.30. The van der Waals surface area contributed by atoms with Crippen LogP contribution >= 0.6 is 11.6 Å². The van der Waals surface area contributed by atoms with E-state index in [0.717, 1.165) is 12.0 Å². The van der Waals surface area contributed by atoms with E-state index in [4.69, 9.17) is 16.7 Å². The Labute approximate surface area is 93.9 Å². The highest BCUT2D eigenvalue weighted by atomic mass is 35.5. The molecule has 0 aromatic heterocycles. The molecular formula is C12H13ClO2. The van der Waals surface area contributed by atoms with Crippen LogP contribution in [-0.4, -0.2) is 11.1 Å². The summed E-state index contributed by atoms with van der Waals surface area (Å²) in [5.74, 6) is -0.715. The van der Waals surface area contributed by atoms with Crippen LogP contribution in [0.1, 0.15) is 24.5 Å². The second kappa shape index (κ2) is 3.53. The van der Waals surface area contributed by atoms with E-state index in [2.05, 4.69) is 0 Å². The van der Waals surface area contributed by atoms with Crippen molar-refractivity contribution in [2.75, 3.05) is 0 Å². The number of rotatable bonds is 1. The lowest BCUT2D eigenvalue weighted by atomic mass is 9.73. The molecule has 2 nitrogen and oxygen atoms in total. The lowest BCUT2D eigenvalue weighted by molar-refractivity contribution is -0.148. The lowest BCUT2D eigenvalue weighted by Gasteiger charge is -2.30. The Balaban J connectivity index is 2.37. The number of carboxylic acids is 1. The van der Waals surface area contributed by atoms with Crippen molar-refractivity contribution in [1.82, 2.24) is 0 Å². The molecule has 0 bridgehead atoms. The van der Waals surface area contributed by atoms with Gasteiger partial charge >= 0.3 is 5.97 Å². The van der Waals surface area contributed by atoms with E-state index in [9.17, 15) is 4.79 Å². The lowest BCUT2D eigenvalue weighted by Crippen LogP contribution is -2.33. The van der Waals surface area contributed by atoms with Gasteiger partial charge in [0.25, 0.3) is 0 Å². The molecule has 0 aliphatic heterocycles. The third-order valence-corrected chi connectivity index (χ3v) is 3.45. The Hall–Kier alpha value is -1.02. The molecule has 0 radical (unpaired) electrons. The van der Waals surface area contributed by atoms with E-state index in [1.165, 1.54) is 5.56 Å². The Morgan fingerprint density at radius 2 is 2.20 bits per heavy atom. The highest BCUT2D eigenvalue weighted by Crippen LogP contribution is 2.36. The maximum Gasteiger partial charge on any atom is 0.309 e. The van der Waals surface area contributed by atoms with E-state index in [0.29, 0.717) is 17.9 Å². The van der Waals surface area contributed by atoms with E-state index in [1.54, 1.807) is 6.92 Å². The molecule has 80 valence electrons. The first-order valence-electron chi connectivity index (χ1n) is 5.02. The summed E-state index contributed by atoms with van der Waals surface area (Å²) in [6, 6.07) is 5.75. The molecule has 3 heteroatoms. The number of carbonyl (C=O) groups is 1. The first-order valence-corrected chi connectivity index (χ1v) is 5.40. The molecule has 1 aliphatic carbocycles. The Bertz CT molecular complexity index is 414. The maximum atomic E-state index is 11.1. The average Bonchev–Trinajstić information content (AvgIpc) is 2.16. The molecule has 1 aliphatic rings. The van der Waals surface area contributed by atoms with Gasteiger partial charge in [-0.25, -0.2) is 0 Å². The van der Waals surface area contributed by atoms with Gasteiger partial charge in [0.2, 0.25) is 0 Å². The number of fused-ring (bicyclic) bond motifs is 1. The molecule has 1 aromatic rings. The van der Waals surface area contributed by atoms with Crippen molar-refractivity contribution in [3.05, 3.63) is 34.3 Å². The zero-order valence-corrected chi connectivity index (χ0v) is 9.34. The molecule has 2 rings (SSSR count). The minimum absolute atomic E-state index is 0.582. The summed E-state index contributed by atoms with van der Waals surface area (Å²) in [5.41, 5.74) is 1.69. The van der Waals surface area contributed by atoms with Crippen LogP contribution in [0.4, 0.5) is 0 Å². The van der Waals surface area contributed by atoms with Crippen LogP contribution in [0, 0.1) is 5.41 Å². The fraction of sp³-hybridized carbons (Fsp3) is 0.417. The summed E-state index contributed by atoms with van der Waals surface area (Å²) < 4.78 is 0. The largest absolute Gasteiger partial charge is 0.481 e. The molecule has 0 amide bonds. The minimum atomic E-state index is -0.715. The molecule has 0 saturated carbocycles. The van der Waals surface area contributed by atoms with Gasteiger partial charge in [0.1, 0.15) is 0 Å². The predicted molar refractivity (Wildman–Crippen MR) is 59.2 cm³/mol. The van der Waals surface area contributed by atoms with Crippen LogP contribution < -0.4 is 0 Å². The molecule has 1 atom stereocenters. The molecule has 0 spiro atoms. The predicted octanol–water partition coefficient (Wildman–Crippen LogP) is 2.92. The molecule has 1 unspecified atom stereocenters. The normalized spacial score (nSPS) is 24.7. The van der Waals surface area contributed by atoms with Gasteiger partial charge in [-0.2, -0.15) is 0 Å². The zero-order valence-electron chi connectivity index (χ0n) is 8.59. The molecule has 0 saturated heterocycles. The first kappa shape index (κ1) is 10.5. The number of carboxylic acid groups (broad SMARTS) is 1. The number of halogens is 1. The van der Waals surface area contributed by atoms with Crippen molar-refractivity contribution in [3.63, 3.8) is 0 Å². The average molecular weight is 225 g/mol. The summed E-state index contributed by atoms with van der Waals surface area (Å²) in [4.78, 5) is 11.1. The summed E-state index contributed by atoms with van der Waals surface area (Å²) >= 11 is 5.90. The number of hydrogen-bond donors (Lipinski definition) is 1. The van der Waals surface area contributed by atoms with Gasteiger partial charge in [0.15, 0.2) is 0 Å². The van der Waals surface area contributed by atoms with Gasteiger partial charge in [-0.1, -0.05) is 17.7 Å². The van der Waals surface area contributed by atoms with Crippen LogP contribution in [0.2, 0.25) is 5.02 Å². The molecule has 15 heavy (non-hydrogen) atoms. The smallest absolute Gasteiger partial charge is 0.309 e. The van der Waals surface area contributed by atoms with Gasteiger partial charge in [-0.15, -0.1) is 0 Å². The number of benzene rings is 1. The van der Waals surface area contributed by atoms with E-state index in [1.807, 2.05) is 18.2 Å². The quantitative estimate of drug-likeness (QED) is 0.797. The highest BCUT2D eigenvalue weighted by molar-refractivity contribution is 6.30. The molecular weight excluding hydrogens is 212 g/mol. The third-order valence-electron chi connectivity index (χ3n) is 3.21. The van der Waals surface area contributed by atoms with Crippen molar-refractivity contribution in [3.8, 4) is 0 Å². The van der Waals surface area contributed by atoms with Crippen molar-refractivity contribution in [2.24, 2.45) is 5.41 Å². The minimum Gasteiger partial charge on any atom is -0.481 e. The Morgan fingerprint density at radius 1 is 1.47 bits per heavy atom. The van der Waals surface area contributed by atoms with Crippen molar-refractivity contribution in [1.29, 1.82) is 0 Å². The van der Waals surface area contributed by atoms with Crippen LogP contribution in [0.3, 0.4) is 0 Å². The maximum absolute atomic E-state index is 11.1. The first-order chi connectivity index (χ1) is 7.01. The van der Waals surface area contributed by atoms with Gasteiger partial charge in [-0.05, 0) is 49.4 Å². The third kappa shape index (κ3) is 1.86. The summed E-state index contributed by atoms with van der Waals surface area (Å²) in [7, 11) is 0. The van der Waals surface area contributed by atoms with Gasteiger partial charge in [-0.3, -0.25) is 4.79 Å². The molecule has 1 N–H and O–H groups in total. The number of hydrogen-bond acceptors (Lipinski definition) is 1. The van der Waals surface area contributed by atoms with E-state index >= 15 is 0 Å². The fourth-order valence-electron chi connectivity index (χ4n) is 2.10. The standard InChI is InChI=1S/C12H13ClO2/c1-12(11(14)15)5-4-8-2-3-10(13)6-9(8)7-12/h2-3,6H,4-5,7H2,1H3,(H,14,15). The Kier molecular flexibility index (Phi) is 2.47. The van der Waals surface area contributed by atoms with Crippen LogP contribution in [0.5, 0.6) is 0 Å². The second-order valence-corrected chi connectivity index (χ2v) is 4.89. The highest BCUT2D eigenvalue weighted by Gasteiger charge is 2.36. The van der Waals surface area contributed by atoms with E-state index < -0.39 is 11.4 Å². The summed E-state index contributed by atoms with van der Waals surface area (Å²) in [6.45, 7) is 1.80. The van der Waals surface area contributed by atoms with Gasteiger partial charge in [0.05, 0.1) is 5.41 Å². The molecule has 0 heterocycles. The topological polar surface area (TPSA) is 37.3 Å². The van der Waals surface area contributed by atoms with Gasteiger partial charge in [0, 0.05) is 5.02 Å². The van der Waals surface area contributed by atoms with Crippen LogP contribution in [0.15, 0.2) is 18.2 Å². The summed E-state index contributed by atoms with van der Waals surface area (Å²) in [6.07, 6.45) is 2.12. The SMILES string of the molecule is CC1(C(=O)O)CCc2ccc(Cl)cc2C1. The van der Waals surface area contributed by atoms with E-state index in [-0.39, 0.29) is 0 Å². The second-order valence-electron chi connectivity index (χ2n) is 4.46. The summed E-state index contributed by atoms with van der Waals surface area (Å²) in [5, 5.41) is 9.84. The zero-order chi connectivity index (χ0) is 11.1. The molecule has 1 aromatic carbocycles. The monoisotopic (exact) mass is 224 g/mol. The van der Waals surface area contributed by atoms with Gasteiger partial charge < -0.3 is 5.11 Å². The van der Waals surface area contributed by atoms with Crippen LogP contribution in [0.25, 0.3) is 0 Å². The van der Waals surface area contributed by atoms with Crippen molar-refractivity contribution >= 4 is 17.6 Å². The molecule has 0 fully saturated rings. The number of aliphatic carboxylic acids is 1. The van der Waals surface area contributed by atoms with Crippen LogP contribution in [-0.2, 0) is 17.6 Å². The number of aryl methyl sites for hydroxylation is 1. The van der Waals surface area contributed by atoms with Crippen molar-refractivity contribution < 1.29 is 9.90 Å². The van der Waals surface area contributed by atoms with Crippen molar-refractivity contribution in [2.45, 2.75) is 26.2 Å².